The van der Waals surface area contributed by atoms with Gasteiger partial charge >= 0.3 is 0 Å². The van der Waals surface area contributed by atoms with Crippen molar-refractivity contribution >= 4 is 17.8 Å². The van der Waals surface area contributed by atoms with E-state index in [1.54, 1.807) is 30.3 Å². The number of allylic oxidation sites excluding steroid dienone is 1. The fraction of sp³-hybridized carbons (Fsp3) is 0.0588. The fourth-order valence-electron chi connectivity index (χ4n) is 2.24. The first-order chi connectivity index (χ1) is 9.65. The maximum atomic E-state index is 12.2. The SMILES string of the molecule is Cc1ccc2c(c1)C(=O)C(NC(=O)c1ccccc1)=C2. The number of hydrogen-bond donors (Lipinski definition) is 1. The molecule has 0 saturated carbocycles. The molecule has 3 heteroatoms. The molecule has 0 aliphatic heterocycles. The van der Waals surface area contributed by atoms with Crippen molar-refractivity contribution in [1.29, 1.82) is 0 Å². The van der Waals surface area contributed by atoms with Crippen LogP contribution in [0.1, 0.15) is 31.8 Å². The molecule has 0 heterocycles. The number of ketones is 1. The van der Waals surface area contributed by atoms with Gasteiger partial charge in [0.25, 0.3) is 5.91 Å². The lowest BCUT2D eigenvalue weighted by molar-refractivity contribution is 0.0936. The molecule has 3 rings (SSSR count). The third kappa shape index (κ3) is 2.14. The highest BCUT2D eigenvalue weighted by Crippen LogP contribution is 2.24. The van der Waals surface area contributed by atoms with E-state index in [1.165, 1.54) is 0 Å². The Morgan fingerprint density at radius 2 is 1.80 bits per heavy atom. The Morgan fingerprint density at radius 3 is 2.55 bits per heavy atom. The summed E-state index contributed by atoms with van der Waals surface area (Å²) >= 11 is 0. The topological polar surface area (TPSA) is 46.2 Å². The number of fused-ring (bicyclic) bond motifs is 1. The van der Waals surface area contributed by atoms with Gasteiger partial charge in [0, 0.05) is 11.1 Å². The average Bonchev–Trinajstić information content (AvgIpc) is 2.76. The summed E-state index contributed by atoms with van der Waals surface area (Å²) in [6, 6.07) is 14.5. The predicted octanol–water partition coefficient (Wildman–Crippen LogP) is 2.96. The van der Waals surface area contributed by atoms with Crippen LogP contribution in [0.15, 0.2) is 54.2 Å². The highest BCUT2D eigenvalue weighted by Gasteiger charge is 2.24. The summed E-state index contributed by atoms with van der Waals surface area (Å²) in [4.78, 5) is 24.3. The van der Waals surface area contributed by atoms with Gasteiger partial charge in [-0.3, -0.25) is 9.59 Å². The molecule has 0 unspecified atom stereocenters. The van der Waals surface area contributed by atoms with Crippen LogP contribution in [0.25, 0.3) is 6.08 Å². The van der Waals surface area contributed by atoms with Crippen LogP contribution in [0.5, 0.6) is 0 Å². The van der Waals surface area contributed by atoms with Crippen molar-refractivity contribution in [3.05, 3.63) is 76.5 Å². The summed E-state index contributed by atoms with van der Waals surface area (Å²) in [5.41, 5.74) is 3.39. The number of rotatable bonds is 2. The van der Waals surface area contributed by atoms with Gasteiger partial charge in [-0.2, -0.15) is 0 Å². The molecule has 0 aromatic heterocycles. The van der Waals surface area contributed by atoms with Crippen molar-refractivity contribution in [2.75, 3.05) is 0 Å². The van der Waals surface area contributed by atoms with Crippen LogP contribution < -0.4 is 5.32 Å². The first kappa shape index (κ1) is 12.4. The second kappa shape index (κ2) is 4.78. The summed E-state index contributed by atoms with van der Waals surface area (Å²) in [5.74, 6) is -0.400. The van der Waals surface area contributed by atoms with Crippen molar-refractivity contribution in [2.45, 2.75) is 6.92 Å². The fourth-order valence-corrected chi connectivity index (χ4v) is 2.24. The van der Waals surface area contributed by atoms with Crippen molar-refractivity contribution in [3.63, 3.8) is 0 Å². The number of carbonyl (C=O) groups is 2. The largest absolute Gasteiger partial charge is 0.319 e. The first-order valence-electron chi connectivity index (χ1n) is 6.38. The molecule has 1 N–H and O–H groups in total. The minimum atomic E-state index is -0.269. The van der Waals surface area contributed by atoms with Crippen LogP contribution in [0, 0.1) is 6.92 Å². The zero-order valence-electron chi connectivity index (χ0n) is 11.0. The van der Waals surface area contributed by atoms with Gasteiger partial charge in [-0.05, 0) is 36.8 Å². The molecule has 1 aliphatic carbocycles. The van der Waals surface area contributed by atoms with Crippen LogP contribution in [-0.4, -0.2) is 11.7 Å². The van der Waals surface area contributed by atoms with E-state index in [9.17, 15) is 9.59 Å². The van der Waals surface area contributed by atoms with Crippen molar-refractivity contribution in [1.82, 2.24) is 5.32 Å². The smallest absolute Gasteiger partial charge is 0.255 e. The van der Waals surface area contributed by atoms with Crippen LogP contribution >= 0.6 is 0 Å². The molecule has 0 fully saturated rings. The Balaban J connectivity index is 1.84. The van der Waals surface area contributed by atoms with Crippen LogP contribution in [-0.2, 0) is 0 Å². The number of carbonyl (C=O) groups excluding carboxylic acids is 2. The maximum Gasteiger partial charge on any atom is 0.255 e. The summed E-state index contributed by atoms with van der Waals surface area (Å²) in [5, 5.41) is 2.68. The van der Waals surface area contributed by atoms with Crippen molar-refractivity contribution in [3.8, 4) is 0 Å². The lowest BCUT2D eigenvalue weighted by atomic mass is 10.1. The average molecular weight is 263 g/mol. The molecule has 2 aromatic rings. The van der Waals surface area contributed by atoms with E-state index in [2.05, 4.69) is 5.32 Å². The number of Topliss-reactive ketones (excluding diaryl/α,β-unsaturated/α-hetero) is 1. The molecule has 20 heavy (non-hydrogen) atoms. The van der Waals surface area contributed by atoms with E-state index in [1.807, 2.05) is 31.2 Å². The van der Waals surface area contributed by atoms with Gasteiger partial charge in [0.1, 0.15) is 0 Å². The third-order valence-corrected chi connectivity index (χ3v) is 3.28. The number of aryl methyl sites for hydroxylation is 1. The minimum Gasteiger partial charge on any atom is -0.319 e. The Morgan fingerprint density at radius 1 is 1.05 bits per heavy atom. The lowest BCUT2D eigenvalue weighted by Gasteiger charge is -2.05. The highest BCUT2D eigenvalue weighted by atomic mass is 16.2. The molecule has 0 bridgehead atoms. The van der Waals surface area contributed by atoms with E-state index in [-0.39, 0.29) is 11.7 Å². The second-order valence-electron chi connectivity index (χ2n) is 4.80. The quantitative estimate of drug-likeness (QED) is 0.905. The zero-order chi connectivity index (χ0) is 14.1. The van der Waals surface area contributed by atoms with Crippen LogP contribution in [0.2, 0.25) is 0 Å². The van der Waals surface area contributed by atoms with Gasteiger partial charge in [-0.1, -0.05) is 35.9 Å². The van der Waals surface area contributed by atoms with E-state index in [0.29, 0.717) is 16.8 Å². The molecule has 0 atom stereocenters. The Kier molecular flexibility index (Phi) is 2.95. The van der Waals surface area contributed by atoms with Gasteiger partial charge in [0.15, 0.2) is 0 Å². The number of nitrogens with one attached hydrogen (secondary N) is 1. The monoisotopic (exact) mass is 263 g/mol. The number of hydrogen-bond acceptors (Lipinski definition) is 2. The maximum absolute atomic E-state index is 12.2. The molecule has 0 radical (unpaired) electrons. The molecule has 98 valence electrons. The molecule has 1 amide bonds. The normalized spacial score (nSPS) is 12.8. The Bertz CT molecular complexity index is 730. The standard InChI is InChI=1S/C17H13NO2/c1-11-7-8-13-10-15(16(19)14(13)9-11)18-17(20)12-5-3-2-4-6-12/h2-10H,1H3,(H,18,19,20). The van der Waals surface area contributed by atoms with E-state index >= 15 is 0 Å². The summed E-state index contributed by atoms with van der Waals surface area (Å²) in [6.45, 7) is 1.94. The second-order valence-corrected chi connectivity index (χ2v) is 4.80. The van der Waals surface area contributed by atoms with E-state index in [4.69, 9.17) is 0 Å². The minimum absolute atomic E-state index is 0.131. The molecule has 0 spiro atoms. The molecule has 2 aromatic carbocycles. The third-order valence-electron chi connectivity index (χ3n) is 3.28. The van der Waals surface area contributed by atoms with Gasteiger partial charge in [-0.15, -0.1) is 0 Å². The van der Waals surface area contributed by atoms with E-state index in [0.717, 1.165) is 11.1 Å². The number of amides is 1. The van der Waals surface area contributed by atoms with Crippen LogP contribution in [0.4, 0.5) is 0 Å². The van der Waals surface area contributed by atoms with Crippen LogP contribution in [0.3, 0.4) is 0 Å². The van der Waals surface area contributed by atoms with E-state index < -0.39 is 0 Å². The predicted molar refractivity (Wildman–Crippen MR) is 77.4 cm³/mol. The molecule has 3 nitrogen and oxygen atoms in total. The van der Waals surface area contributed by atoms with Crippen molar-refractivity contribution in [2.24, 2.45) is 0 Å². The van der Waals surface area contributed by atoms with Gasteiger partial charge in [0.2, 0.25) is 5.78 Å². The highest BCUT2D eigenvalue weighted by molar-refractivity contribution is 6.19. The molecule has 1 aliphatic rings. The lowest BCUT2D eigenvalue weighted by Crippen LogP contribution is -2.25. The zero-order valence-corrected chi connectivity index (χ0v) is 11.0. The number of benzene rings is 2. The molecule has 0 saturated heterocycles. The van der Waals surface area contributed by atoms with Gasteiger partial charge in [0.05, 0.1) is 5.70 Å². The van der Waals surface area contributed by atoms with Gasteiger partial charge < -0.3 is 5.32 Å². The Labute approximate surface area is 116 Å². The van der Waals surface area contributed by atoms with Gasteiger partial charge in [-0.25, -0.2) is 0 Å². The van der Waals surface area contributed by atoms with Crippen molar-refractivity contribution < 1.29 is 9.59 Å². The first-order valence-corrected chi connectivity index (χ1v) is 6.38. The summed E-state index contributed by atoms with van der Waals surface area (Å²) < 4.78 is 0. The summed E-state index contributed by atoms with van der Waals surface area (Å²) in [6.07, 6.45) is 1.72. The Hall–Kier alpha value is -2.68. The molecular formula is C17H13NO2. The molecular weight excluding hydrogens is 250 g/mol. The summed E-state index contributed by atoms with van der Waals surface area (Å²) in [7, 11) is 0.